The molecule has 6 nitrogen and oxygen atoms in total. The fourth-order valence-electron chi connectivity index (χ4n) is 4.06. The van der Waals surface area contributed by atoms with E-state index >= 15 is 0 Å². The number of carbonyl (C=O) groups excluding carboxylic acids is 1. The second-order valence-electron chi connectivity index (χ2n) is 7.58. The molecule has 148 valence electrons. The molecule has 7 heteroatoms. The molecule has 3 aliphatic heterocycles. The standard InChI is InChI=1S/C20H27FN2O4/c21-17-2-1-3-18-20(17)27-16(13-26-18)12-22-7-4-15(5-8-22)6-9-23-10-11-25-14-19(23)24/h1-3,15-16H,4-14H2. The quantitative estimate of drug-likeness (QED) is 0.784. The van der Waals surface area contributed by atoms with Crippen LogP contribution in [0.15, 0.2) is 18.2 Å². The van der Waals surface area contributed by atoms with Crippen molar-refractivity contribution in [3.05, 3.63) is 24.0 Å². The molecule has 0 aliphatic carbocycles. The number of hydrogen-bond acceptors (Lipinski definition) is 5. The van der Waals surface area contributed by atoms with Gasteiger partial charge in [-0.3, -0.25) is 9.69 Å². The third kappa shape index (κ3) is 4.52. The van der Waals surface area contributed by atoms with Crippen molar-refractivity contribution in [2.24, 2.45) is 5.92 Å². The van der Waals surface area contributed by atoms with Crippen molar-refractivity contribution in [3.63, 3.8) is 0 Å². The molecule has 0 aromatic heterocycles. The summed E-state index contributed by atoms with van der Waals surface area (Å²) in [7, 11) is 0. The lowest BCUT2D eigenvalue weighted by molar-refractivity contribution is -0.142. The van der Waals surface area contributed by atoms with Crippen LogP contribution in [-0.4, -0.2) is 74.4 Å². The summed E-state index contributed by atoms with van der Waals surface area (Å²) >= 11 is 0. The minimum atomic E-state index is -0.367. The number of piperidine rings is 1. The number of para-hydroxylation sites is 1. The number of ether oxygens (including phenoxy) is 3. The maximum absolute atomic E-state index is 13.9. The van der Waals surface area contributed by atoms with Gasteiger partial charge in [0.25, 0.3) is 0 Å². The van der Waals surface area contributed by atoms with Crippen molar-refractivity contribution in [2.45, 2.75) is 25.4 Å². The topological polar surface area (TPSA) is 51.2 Å². The first-order valence-electron chi connectivity index (χ1n) is 9.85. The average Bonchev–Trinajstić information content (AvgIpc) is 2.69. The van der Waals surface area contributed by atoms with Crippen LogP contribution >= 0.6 is 0 Å². The van der Waals surface area contributed by atoms with Crippen LogP contribution in [0.2, 0.25) is 0 Å². The molecule has 1 aromatic rings. The number of rotatable bonds is 5. The summed E-state index contributed by atoms with van der Waals surface area (Å²) in [5.41, 5.74) is 0. The number of carbonyl (C=O) groups is 1. The highest BCUT2D eigenvalue weighted by Crippen LogP contribution is 2.34. The van der Waals surface area contributed by atoms with E-state index in [1.165, 1.54) is 6.07 Å². The second-order valence-corrected chi connectivity index (χ2v) is 7.58. The van der Waals surface area contributed by atoms with Crippen molar-refractivity contribution in [3.8, 4) is 11.5 Å². The summed E-state index contributed by atoms with van der Waals surface area (Å²) in [5, 5.41) is 0. The molecule has 2 saturated heterocycles. The van der Waals surface area contributed by atoms with Crippen LogP contribution in [0.4, 0.5) is 4.39 Å². The smallest absolute Gasteiger partial charge is 0.248 e. The van der Waals surface area contributed by atoms with E-state index in [1.54, 1.807) is 12.1 Å². The molecule has 0 bridgehead atoms. The third-order valence-corrected chi connectivity index (χ3v) is 5.70. The van der Waals surface area contributed by atoms with E-state index in [4.69, 9.17) is 14.2 Å². The predicted molar refractivity (Wildman–Crippen MR) is 97.5 cm³/mol. The van der Waals surface area contributed by atoms with Gasteiger partial charge >= 0.3 is 0 Å². The Hall–Kier alpha value is -1.86. The zero-order valence-electron chi connectivity index (χ0n) is 15.6. The molecule has 0 radical (unpaired) electrons. The zero-order valence-corrected chi connectivity index (χ0v) is 15.6. The molecule has 3 aliphatic rings. The van der Waals surface area contributed by atoms with Gasteiger partial charge in [-0.1, -0.05) is 6.07 Å². The number of benzene rings is 1. The van der Waals surface area contributed by atoms with Crippen LogP contribution in [0.25, 0.3) is 0 Å². The van der Waals surface area contributed by atoms with Crippen LogP contribution in [0.3, 0.4) is 0 Å². The van der Waals surface area contributed by atoms with Gasteiger partial charge in [-0.25, -0.2) is 4.39 Å². The summed E-state index contributed by atoms with van der Waals surface area (Å²) in [6.45, 7) is 5.65. The minimum absolute atomic E-state index is 0.112. The van der Waals surface area contributed by atoms with E-state index in [0.29, 0.717) is 31.4 Å². The van der Waals surface area contributed by atoms with Crippen molar-refractivity contribution in [2.75, 3.05) is 52.5 Å². The van der Waals surface area contributed by atoms with E-state index in [-0.39, 0.29) is 30.2 Å². The van der Waals surface area contributed by atoms with E-state index in [9.17, 15) is 9.18 Å². The highest BCUT2D eigenvalue weighted by Gasteiger charge is 2.28. The van der Waals surface area contributed by atoms with E-state index in [1.807, 2.05) is 4.90 Å². The molecule has 2 fully saturated rings. The van der Waals surface area contributed by atoms with Crippen LogP contribution in [0.1, 0.15) is 19.3 Å². The van der Waals surface area contributed by atoms with Gasteiger partial charge in [0.2, 0.25) is 5.91 Å². The predicted octanol–water partition coefficient (Wildman–Crippen LogP) is 1.93. The Labute approximate surface area is 159 Å². The van der Waals surface area contributed by atoms with Crippen molar-refractivity contribution in [1.82, 2.24) is 9.80 Å². The highest BCUT2D eigenvalue weighted by molar-refractivity contribution is 5.77. The van der Waals surface area contributed by atoms with E-state index in [0.717, 1.165) is 45.4 Å². The number of halogens is 1. The molecule has 1 unspecified atom stereocenters. The molecule has 1 atom stereocenters. The number of fused-ring (bicyclic) bond motifs is 1. The summed E-state index contributed by atoms with van der Waals surface area (Å²) in [6, 6.07) is 4.77. The Morgan fingerprint density at radius 3 is 2.85 bits per heavy atom. The highest BCUT2D eigenvalue weighted by atomic mass is 19.1. The second kappa shape index (κ2) is 8.44. The molecule has 0 spiro atoms. The lowest BCUT2D eigenvalue weighted by Gasteiger charge is -2.36. The number of nitrogens with zero attached hydrogens (tertiary/aromatic N) is 2. The average molecular weight is 378 g/mol. The first kappa shape index (κ1) is 18.5. The molecule has 3 heterocycles. The maximum atomic E-state index is 13.9. The zero-order chi connectivity index (χ0) is 18.6. The molecule has 0 N–H and O–H groups in total. The maximum Gasteiger partial charge on any atom is 0.248 e. The van der Waals surface area contributed by atoms with Crippen LogP contribution < -0.4 is 9.47 Å². The first-order chi connectivity index (χ1) is 13.2. The van der Waals surface area contributed by atoms with Crippen LogP contribution in [0.5, 0.6) is 11.5 Å². The SMILES string of the molecule is O=C1COCCN1CCC1CCN(CC2COc3cccc(F)c3O2)CC1. The fraction of sp³-hybridized carbons (Fsp3) is 0.650. The fourth-order valence-corrected chi connectivity index (χ4v) is 4.06. The van der Waals surface area contributed by atoms with E-state index in [2.05, 4.69) is 4.90 Å². The van der Waals surface area contributed by atoms with Crippen molar-refractivity contribution < 1.29 is 23.4 Å². The Bertz CT molecular complexity index is 663. The van der Waals surface area contributed by atoms with Gasteiger partial charge in [-0.2, -0.15) is 0 Å². The third-order valence-electron chi connectivity index (χ3n) is 5.70. The summed E-state index contributed by atoms with van der Waals surface area (Å²) in [5.74, 6) is 1.12. The van der Waals surface area contributed by atoms with E-state index < -0.39 is 0 Å². The molecular formula is C20H27FN2O4. The largest absolute Gasteiger partial charge is 0.486 e. The normalized spacial score (nSPS) is 24.3. The lowest BCUT2D eigenvalue weighted by Crippen LogP contribution is -2.45. The van der Waals surface area contributed by atoms with Gasteiger partial charge in [0.1, 0.15) is 19.3 Å². The molecule has 1 aromatic carbocycles. The Morgan fingerprint density at radius 1 is 1.19 bits per heavy atom. The van der Waals surface area contributed by atoms with Gasteiger partial charge in [-0.15, -0.1) is 0 Å². The summed E-state index contributed by atoms with van der Waals surface area (Å²) < 4.78 is 30.6. The van der Waals surface area contributed by atoms with Gasteiger partial charge in [0.05, 0.1) is 6.61 Å². The number of amides is 1. The van der Waals surface area contributed by atoms with Crippen LogP contribution in [0, 0.1) is 11.7 Å². The summed E-state index contributed by atoms with van der Waals surface area (Å²) in [6.07, 6.45) is 3.16. The van der Waals surface area contributed by atoms with Crippen molar-refractivity contribution >= 4 is 5.91 Å². The Kier molecular flexibility index (Phi) is 5.78. The molecule has 4 rings (SSSR count). The first-order valence-corrected chi connectivity index (χ1v) is 9.85. The summed E-state index contributed by atoms with van der Waals surface area (Å²) in [4.78, 5) is 16.1. The Balaban J connectivity index is 1.20. The van der Waals surface area contributed by atoms with Gasteiger partial charge < -0.3 is 19.1 Å². The number of morpholine rings is 1. The van der Waals surface area contributed by atoms with Gasteiger partial charge in [-0.05, 0) is 50.4 Å². The lowest BCUT2D eigenvalue weighted by atomic mass is 9.93. The monoisotopic (exact) mass is 378 g/mol. The number of likely N-dealkylation sites (tertiary alicyclic amines) is 1. The molecule has 27 heavy (non-hydrogen) atoms. The molecule has 0 saturated carbocycles. The van der Waals surface area contributed by atoms with Gasteiger partial charge in [0.15, 0.2) is 17.3 Å². The molecular weight excluding hydrogens is 351 g/mol. The minimum Gasteiger partial charge on any atom is -0.486 e. The van der Waals surface area contributed by atoms with Gasteiger partial charge in [0, 0.05) is 19.6 Å². The Morgan fingerprint density at radius 2 is 2.04 bits per heavy atom. The molecule has 1 amide bonds. The number of hydrogen-bond donors (Lipinski definition) is 0. The van der Waals surface area contributed by atoms with Crippen LogP contribution in [-0.2, 0) is 9.53 Å². The van der Waals surface area contributed by atoms with Crippen molar-refractivity contribution in [1.29, 1.82) is 0 Å².